The summed E-state index contributed by atoms with van der Waals surface area (Å²) >= 11 is 0. The Kier molecular flexibility index (Phi) is 5.16. The number of rotatable bonds is 6. The van der Waals surface area contributed by atoms with Gasteiger partial charge in [0.25, 0.3) is 0 Å². The highest BCUT2D eigenvalue weighted by Gasteiger charge is 2.15. The van der Waals surface area contributed by atoms with Crippen molar-refractivity contribution in [1.82, 2.24) is 5.32 Å². The minimum absolute atomic E-state index is 0.386. The van der Waals surface area contributed by atoms with Crippen molar-refractivity contribution in [3.63, 3.8) is 0 Å². The summed E-state index contributed by atoms with van der Waals surface area (Å²) in [5, 5.41) is 3.31. The highest BCUT2D eigenvalue weighted by atomic mass is 32.2. The van der Waals surface area contributed by atoms with Crippen LogP contribution in [0, 0.1) is 0 Å². The van der Waals surface area contributed by atoms with E-state index in [1.807, 2.05) is 24.1 Å². The molecule has 0 aliphatic rings. The molecule has 0 atom stereocenters. The van der Waals surface area contributed by atoms with Crippen LogP contribution in [0.25, 0.3) is 0 Å². The molecule has 18 heavy (non-hydrogen) atoms. The SMILES string of the molecule is CC(C)NCCN(C)c1ccccc1S(C)(=O)=O. The van der Waals surface area contributed by atoms with E-state index in [-0.39, 0.29) is 0 Å². The molecule has 0 aromatic heterocycles. The lowest BCUT2D eigenvalue weighted by Crippen LogP contribution is -2.33. The van der Waals surface area contributed by atoms with Crippen molar-refractivity contribution < 1.29 is 8.42 Å². The molecule has 0 saturated carbocycles. The van der Waals surface area contributed by atoms with Crippen molar-refractivity contribution >= 4 is 15.5 Å². The van der Waals surface area contributed by atoms with E-state index in [1.165, 1.54) is 6.26 Å². The number of anilines is 1. The second kappa shape index (κ2) is 6.20. The fraction of sp³-hybridized carbons (Fsp3) is 0.538. The molecule has 1 rings (SSSR count). The zero-order chi connectivity index (χ0) is 13.8. The van der Waals surface area contributed by atoms with Crippen LogP contribution in [0.3, 0.4) is 0 Å². The number of likely N-dealkylation sites (N-methyl/N-ethyl adjacent to an activating group) is 1. The Morgan fingerprint density at radius 1 is 1.28 bits per heavy atom. The molecule has 0 heterocycles. The number of para-hydroxylation sites is 1. The molecule has 0 bridgehead atoms. The summed E-state index contributed by atoms with van der Waals surface area (Å²) in [4.78, 5) is 2.35. The topological polar surface area (TPSA) is 49.4 Å². The van der Waals surface area contributed by atoms with Gasteiger partial charge in [-0.05, 0) is 12.1 Å². The Hall–Kier alpha value is -1.07. The second-order valence-electron chi connectivity index (χ2n) is 4.77. The van der Waals surface area contributed by atoms with Crippen LogP contribution in [0.5, 0.6) is 0 Å². The molecule has 1 N–H and O–H groups in total. The van der Waals surface area contributed by atoms with Crippen molar-refractivity contribution in [3.05, 3.63) is 24.3 Å². The first-order valence-electron chi connectivity index (χ1n) is 6.06. The van der Waals surface area contributed by atoms with Crippen LogP contribution in [-0.2, 0) is 9.84 Å². The van der Waals surface area contributed by atoms with Crippen LogP contribution in [0.4, 0.5) is 5.69 Å². The third-order valence-electron chi connectivity index (χ3n) is 2.68. The van der Waals surface area contributed by atoms with Gasteiger partial charge < -0.3 is 10.2 Å². The molecule has 102 valence electrons. The van der Waals surface area contributed by atoms with Crippen LogP contribution in [0.1, 0.15) is 13.8 Å². The van der Waals surface area contributed by atoms with Crippen LogP contribution in [0.15, 0.2) is 29.2 Å². The number of sulfone groups is 1. The molecule has 0 fully saturated rings. The van der Waals surface area contributed by atoms with Crippen molar-refractivity contribution in [2.75, 3.05) is 31.3 Å². The molecule has 1 aromatic rings. The van der Waals surface area contributed by atoms with Crippen LogP contribution < -0.4 is 10.2 Å². The van der Waals surface area contributed by atoms with E-state index < -0.39 is 9.84 Å². The van der Waals surface area contributed by atoms with Crippen molar-refractivity contribution in [3.8, 4) is 0 Å². The number of nitrogens with zero attached hydrogens (tertiary/aromatic N) is 1. The average molecular weight is 270 g/mol. The van der Waals surface area contributed by atoms with Gasteiger partial charge in [-0.1, -0.05) is 26.0 Å². The maximum absolute atomic E-state index is 11.7. The first-order chi connectivity index (χ1) is 8.32. The highest BCUT2D eigenvalue weighted by molar-refractivity contribution is 7.90. The molecular formula is C13H22N2O2S. The zero-order valence-electron chi connectivity index (χ0n) is 11.5. The van der Waals surface area contributed by atoms with E-state index in [1.54, 1.807) is 12.1 Å². The summed E-state index contributed by atoms with van der Waals surface area (Å²) < 4.78 is 23.4. The zero-order valence-corrected chi connectivity index (χ0v) is 12.3. The molecule has 1 aromatic carbocycles. The third kappa shape index (κ3) is 4.31. The molecule has 5 heteroatoms. The molecule has 0 saturated heterocycles. The Morgan fingerprint density at radius 2 is 1.89 bits per heavy atom. The smallest absolute Gasteiger partial charge is 0.177 e. The summed E-state index contributed by atoms with van der Waals surface area (Å²) in [5.74, 6) is 0. The van der Waals surface area contributed by atoms with Crippen molar-refractivity contribution in [1.29, 1.82) is 0 Å². The molecule has 0 aliphatic carbocycles. The lowest BCUT2D eigenvalue weighted by molar-refractivity contribution is 0.587. The minimum Gasteiger partial charge on any atom is -0.372 e. The summed E-state index contributed by atoms with van der Waals surface area (Å²) in [7, 11) is -1.27. The first kappa shape index (κ1) is 15.0. The molecule has 4 nitrogen and oxygen atoms in total. The van der Waals surface area contributed by atoms with E-state index in [2.05, 4.69) is 19.2 Å². The Balaban J connectivity index is 2.83. The maximum Gasteiger partial charge on any atom is 0.177 e. The highest BCUT2D eigenvalue weighted by Crippen LogP contribution is 2.23. The van der Waals surface area contributed by atoms with Gasteiger partial charge >= 0.3 is 0 Å². The van der Waals surface area contributed by atoms with Crippen LogP contribution >= 0.6 is 0 Å². The molecule has 0 spiro atoms. The van der Waals surface area contributed by atoms with E-state index in [0.29, 0.717) is 10.9 Å². The molecule has 0 amide bonds. The quantitative estimate of drug-likeness (QED) is 0.851. The first-order valence-corrected chi connectivity index (χ1v) is 7.95. The van der Waals surface area contributed by atoms with Crippen molar-refractivity contribution in [2.45, 2.75) is 24.8 Å². The van der Waals surface area contributed by atoms with E-state index in [4.69, 9.17) is 0 Å². The predicted molar refractivity (Wildman–Crippen MR) is 76.0 cm³/mol. The summed E-state index contributed by atoms with van der Waals surface area (Å²) in [5.41, 5.74) is 0.755. The van der Waals surface area contributed by atoms with E-state index in [9.17, 15) is 8.42 Å². The van der Waals surface area contributed by atoms with Gasteiger partial charge in [0.05, 0.1) is 10.6 Å². The Bertz CT molecular complexity index is 484. The summed E-state index contributed by atoms with van der Waals surface area (Å²) in [6.07, 6.45) is 1.24. The molecular weight excluding hydrogens is 248 g/mol. The van der Waals surface area contributed by atoms with Gasteiger partial charge in [0.2, 0.25) is 0 Å². The second-order valence-corrected chi connectivity index (χ2v) is 6.75. The number of hydrogen-bond acceptors (Lipinski definition) is 4. The monoisotopic (exact) mass is 270 g/mol. The predicted octanol–water partition coefficient (Wildman–Crippen LogP) is 1.52. The van der Waals surface area contributed by atoms with Crippen molar-refractivity contribution in [2.24, 2.45) is 0 Å². The summed E-state index contributed by atoms with van der Waals surface area (Å²) in [6.45, 7) is 5.77. The number of hydrogen-bond donors (Lipinski definition) is 1. The minimum atomic E-state index is -3.18. The number of benzene rings is 1. The lowest BCUT2D eigenvalue weighted by Gasteiger charge is -2.22. The molecule has 0 radical (unpaired) electrons. The fourth-order valence-corrected chi connectivity index (χ4v) is 2.66. The maximum atomic E-state index is 11.7. The summed E-state index contributed by atoms with van der Waals surface area (Å²) in [6, 6.07) is 7.53. The lowest BCUT2D eigenvalue weighted by atomic mass is 10.3. The number of nitrogens with one attached hydrogen (secondary N) is 1. The van der Waals surface area contributed by atoms with E-state index in [0.717, 1.165) is 18.8 Å². The fourth-order valence-electron chi connectivity index (χ4n) is 1.73. The Morgan fingerprint density at radius 3 is 2.44 bits per heavy atom. The van der Waals surface area contributed by atoms with Gasteiger partial charge in [0.15, 0.2) is 9.84 Å². The average Bonchev–Trinajstić information content (AvgIpc) is 2.27. The largest absolute Gasteiger partial charge is 0.372 e. The van der Waals surface area contributed by atoms with Gasteiger partial charge in [-0.3, -0.25) is 0 Å². The third-order valence-corrected chi connectivity index (χ3v) is 3.82. The van der Waals surface area contributed by atoms with Crippen LogP contribution in [-0.4, -0.2) is 40.9 Å². The molecule has 0 unspecified atom stereocenters. The molecule has 0 aliphatic heterocycles. The van der Waals surface area contributed by atoms with Gasteiger partial charge in [-0.2, -0.15) is 0 Å². The van der Waals surface area contributed by atoms with Crippen LogP contribution in [0.2, 0.25) is 0 Å². The van der Waals surface area contributed by atoms with Gasteiger partial charge in [-0.25, -0.2) is 8.42 Å². The van der Waals surface area contributed by atoms with Gasteiger partial charge in [-0.15, -0.1) is 0 Å². The normalized spacial score (nSPS) is 11.8. The van der Waals surface area contributed by atoms with E-state index >= 15 is 0 Å². The standard InChI is InChI=1S/C13H22N2O2S/c1-11(2)14-9-10-15(3)12-7-5-6-8-13(12)18(4,16)17/h5-8,11,14H,9-10H2,1-4H3. The van der Waals surface area contributed by atoms with Gasteiger partial charge in [0.1, 0.15) is 0 Å². The van der Waals surface area contributed by atoms with Gasteiger partial charge in [0, 0.05) is 32.4 Å². The Labute approximate surface area is 110 Å².